The number of ether oxygens (including phenoxy) is 1. The molecule has 0 radical (unpaired) electrons. The maximum atomic E-state index is 10.3. The molecule has 0 saturated heterocycles. The van der Waals surface area contributed by atoms with Crippen molar-refractivity contribution in [3.63, 3.8) is 0 Å². The molecule has 116 valence electrons. The van der Waals surface area contributed by atoms with Crippen LogP contribution in [0, 0.1) is 6.92 Å². The van der Waals surface area contributed by atoms with Gasteiger partial charge >= 0.3 is 5.97 Å². The summed E-state index contributed by atoms with van der Waals surface area (Å²) in [5.41, 5.74) is 1.41. The number of hydrogen-bond acceptors (Lipinski definition) is 2. The van der Waals surface area contributed by atoms with E-state index in [2.05, 4.69) is 0 Å². The second-order valence-electron chi connectivity index (χ2n) is 4.90. The molecule has 0 fully saturated rings. The third-order valence-electron chi connectivity index (χ3n) is 3.02. The monoisotopic (exact) mass is 306 g/mol. The molecule has 0 atom stereocenters. The Bertz CT molecular complexity index is 682. The average Bonchev–Trinajstić information content (AvgIpc) is 2.58. The van der Waals surface area contributed by atoms with Gasteiger partial charge in [0.1, 0.15) is 11.5 Å². The van der Waals surface area contributed by atoms with Crippen LogP contribution < -0.4 is 4.74 Å². The van der Waals surface area contributed by atoms with Crippen molar-refractivity contribution in [1.82, 2.24) is 0 Å². The van der Waals surface area contributed by atoms with Gasteiger partial charge in [0.25, 0.3) is 0 Å². The average molecular weight is 306 g/mol. The minimum absolute atomic E-state index is 0.339. The fraction of sp³-hybridized carbons (Fsp3) is 0.0500. The minimum Gasteiger partial charge on any atom is -0.478 e. The minimum atomic E-state index is -0.875. The zero-order valence-electron chi connectivity index (χ0n) is 12.8. The Morgan fingerprint density at radius 1 is 0.739 bits per heavy atom. The first-order chi connectivity index (χ1) is 11.1. The highest BCUT2D eigenvalue weighted by atomic mass is 16.5. The summed E-state index contributed by atoms with van der Waals surface area (Å²) in [7, 11) is 0. The van der Waals surface area contributed by atoms with Crippen molar-refractivity contribution < 1.29 is 14.6 Å². The van der Waals surface area contributed by atoms with Gasteiger partial charge in [-0.1, -0.05) is 54.1 Å². The molecule has 3 rings (SSSR count). The van der Waals surface area contributed by atoms with Gasteiger partial charge in [0, 0.05) is 0 Å². The number of carbonyl (C=O) groups is 1. The van der Waals surface area contributed by atoms with E-state index in [1.165, 1.54) is 0 Å². The Labute approximate surface area is 135 Å². The zero-order chi connectivity index (χ0) is 16.5. The van der Waals surface area contributed by atoms with Gasteiger partial charge in [-0.25, -0.2) is 4.79 Å². The van der Waals surface area contributed by atoms with Gasteiger partial charge in [0.15, 0.2) is 0 Å². The Morgan fingerprint density at radius 3 is 1.57 bits per heavy atom. The molecule has 0 amide bonds. The van der Waals surface area contributed by atoms with Crippen LogP contribution in [0.15, 0.2) is 84.9 Å². The highest BCUT2D eigenvalue weighted by Crippen LogP contribution is 2.19. The van der Waals surface area contributed by atoms with Crippen LogP contribution in [0.3, 0.4) is 0 Å². The lowest BCUT2D eigenvalue weighted by Gasteiger charge is -2.03. The standard InChI is InChI=1S/C12H10O.C8H8O2/c1-3-7-11(8-4-1)13-12-9-5-2-6-10-12;1-6-2-4-7(5-3-6)8(9)10/h1-10H;2-5H,1H3,(H,9,10). The number of carboxylic acids is 1. The molecular weight excluding hydrogens is 288 g/mol. The normalized spacial score (nSPS) is 9.43. The summed E-state index contributed by atoms with van der Waals surface area (Å²) in [4.78, 5) is 10.3. The largest absolute Gasteiger partial charge is 0.478 e. The van der Waals surface area contributed by atoms with Crippen LogP contribution in [0.2, 0.25) is 0 Å². The van der Waals surface area contributed by atoms with Crippen LogP contribution in [0.4, 0.5) is 0 Å². The lowest BCUT2D eigenvalue weighted by Crippen LogP contribution is -1.94. The van der Waals surface area contributed by atoms with E-state index in [0.29, 0.717) is 5.56 Å². The second kappa shape index (κ2) is 8.39. The van der Waals surface area contributed by atoms with E-state index >= 15 is 0 Å². The van der Waals surface area contributed by atoms with E-state index < -0.39 is 5.97 Å². The molecule has 0 saturated carbocycles. The summed E-state index contributed by atoms with van der Waals surface area (Å²) in [6.45, 7) is 1.92. The van der Waals surface area contributed by atoms with Crippen LogP contribution in [-0.4, -0.2) is 11.1 Å². The van der Waals surface area contributed by atoms with E-state index in [9.17, 15) is 4.79 Å². The van der Waals surface area contributed by atoms with E-state index in [1.54, 1.807) is 24.3 Å². The van der Waals surface area contributed by atoms with Crippen molar-refractivity contribution in [3.05, 3.63) is 96.1 Å². The fourth-order valence-corrected chi connectivity index (χ4v) is 1.81. The van der Waals surface area contributed by atoms with Gasteiger partial charge in [0.2, 0.25) is 0 Å². The molecule has 0 spiro atoms. The number of rotatable bonds is 3. The first-order valence-electron chi connectivity index (χ1n) is 7.23. The summed E-state index contributed by atoms with van der Waals surface area (Å²) in [5, 5.41) is 8.48. The zero-order valence-corrected chi connectivity index (χ0v) is 12.8. The van der Waals surface area contributed by atoms with Gasteiger partial charge in [-0.05, 0) is 43.3 Å². The molecule has 0 aliphatic heterocycles. The summed E-state index contributed by atoms with van der Waals surface area (Å²) >= 11 is 0. The van der Waals surface area contributed by atoms with Crippen LogP contribution in [0.25, 0.3) is 0 Å². The Morgan fingerprint density at radius 2 is 1.17 bits per heavy atom. The van der Waals surface area contributed by atoms with E-state index in [-0.39, 0.29) is 0 Å². The molecule has 0 bridgehead atoms. The number of hydrogen-bond donors (Lipinski definition) is 1. The van der Waals surface area contributed by atoms with Crippen LogP contribution in [-0.2, 0) is 0 Å². The van der Waals surface area contributed by atoms with Crippen LogP contribution in [0.1, 0.15) is 15.9 Å². The number of carboxylic acid groups (broad SMARTS) is 1. The Hall–Kier alpha value is -3.07. The fourth-order valence-electron chi connectivity index (χ4n) is 1.81. The predicted molar refractivity (Wildman–Crippen MR) is 91.1 cm³/mol. The van der Waals surface area contributed by atoms with Gasteiger partial charge in [-0.2, -0.15) is 0 Å². The van der Waals surface area contributed by atoms with E-state index in [1.807, 2.05) is 67.6 Å². The first kappa shape index (κ1) is 16.3. The number of aryl methyl sites for hydroxylation is 1. The Balaban J connectivity index is 0.000000174. The number of para-hydroxylation sites is 2. The van der Waals surface area contributed by atoms with Crippen molar-refractivity contribution in [1.29, 1.82) is 0 Å². The van der Waals surface area contributed by atoms with Crippen molar-refractivity contribution >= 4 is 5.97 Å². The van der Waals surface area contributed by atoms with Gasteiger partial charge < -0.3 is 9.84 Å². The maximum Gasteiger partial charge on any atom is 0.335 e. The van der Waals surface area contributed by atoms with Crippen molar-refractivity contribution in [2.24, 2.45) is 0 Å². The van der Waals surface area contributed by atoms with Crippen LogP contribution >= 0.6 is 0 Å². The lowest BCUT2D eigenvalue weighted by molar-refractivity contribution is 0.0697. The highest BCUT2D eigenvalue weighted by molar-refractivity contribution is 5.87. The number of benzene rings is 3. The molecule has 23 heavy (non-hydrogen) atoms. The molecule has 0 unspecified atom stereocenters. The Kier molecular flexibility index (Phi) is 5.95. The first-order valence-corrected chi connectivity index (χ1v) is 7.23. The van der Waals surface area contributed by atoms with Crippen molar-refractivity contribution in [3.8, 4) is 11.5 Å². The summed E-state index contributed by atoms with van der Waals surface area (Å²) in [6, 6.07) is 26.3. The smallest absolute Gasteiger partial charge is 0.335 e. The van der Waals surface area contributed by atoms with E-state index in [4.69, 9.17) is 9.84 Å². The molecule has 3 nitrogen and oxygen atoms in total. The van der Waals surface area contributed by atoms with Crippen molar-refractivity contribution in [2.45, 2.75) is 6.92 Å². The summed E-state index contributed by atoms with van der Waals surface area (Å²) in [6.07, 6.45) is 0. The SMILES string of the molecule is Cc1ccc(C(=O)O)cc1.c1ccc(Oc2ccccc2)cc1. The topological polar surface area (TPSA) is 46.5 Å². The van der Waals surface area contributed by atoms with Crippen molar-refractivity contribution in [2.75, 3.05) is 0 Å². The quantitative estimate of drug-likeness (QED) is 0.726. The molecule has 0 aliphatic rings. The van der Waals surface area contributed by atoms with Crippen LogP contribution in [0.5, 0.6) is 11.5 Å². The molecule has 3 heteroatoms. The van der Waals surface area contributed by atoms with Gasteiger partial charge in [-0.15, -0.1) is 0 Å². The summed E-state index contributed by atoms with van der Waals surface area (Å²) < 4.78 is 5.58. The summed E-state index contributed by atoms with van der Waals surface area (Å²) in [5.74, 6) is 0.863. The molecule has 3 aromatic rings. The third kappa shape index (κ3) is 5.67. The highest BCUT2D eigenvalue weighted by Gasteiger charge is 1.98. The number of aromatic carboxylic acids is 1. The molecule has 0 aromatic heterocycles. The van der Waals surface area contributed by atoms with Gasteiger partial charge in [-0.3, -0.25) is 0 Å². The molecule has 1 N–H and O–H groups in total. The lowest BCUT2D eigenvalue weighted by atomic mass is 10.2. The third-order valence-corrected chi connectivity index (χ3v) is 3.02. The predicted octanol–water partition coefficient (Wildman–Crippen LogP) is 5.17. The van der Waals surface area contributed by atoms with E-state index in [0.717, 1.165) is 17.1 Å². The molecular formula is C20H18O3. The molecule has 3 aromatic carbocycles. The maximum absolute atomic E-state index is 10.3. The second-order valence-corrected chi connectivity index (χ2v) is 4.90. The molecule has 0 heterocycles. The molecule has 0 aliphatic carbocycles. The van der Waals surface area contributed by atoms with Gasteiger partial charge in [0.05, 0.1) is 5.56 Å².